The van der Waals surface area contributed by atoms with Gasteiger partial charge in [-0.3, -0.25) is 20.4 Å². The van der Waals surface area contributed by atoms with Crippen LogP contribution in [0.2, 0.25) is 0 Å². The van der Waals surface area contributed by atoms with Crippen LogP contribution in [-0.4, -0.2) is 22.9 Å². The second-order valence-electron chi connectivity index (χ2n) is 7.76. The summed E-state index contributed by atoms with van der Waals surface area (Å²) in [6.07, 6.45) is 22.5. The highest BCUT2D eigenvalue weighted by Crippen LogP contribution is 2.13. The summed E-state index contributed by atoms with van der Waals surface area (Å²) >= 11 is 0. The average molecular weight is 411 g/mol. The molecule has 29 heavy (non-hydrogen) atoms. The van der Waals surface area contributed by atoms with Crippen LogP contribution in [0.25, 0.3) is 0 Å². The van der Waals surface area contributed by atoms with Crippen molar-refractivity contribution in [1.82, 2.24) is 10.9 Å². The molecule has 0 spiro atoms. The standard InChI is InChI=1S/C23H42N2O4/c1-2-3-4-5-6-7-8-9-10-11-12-13-14-15-16-17-18-21(26)24-25-22(27)19-20-23(28)29/h19-20H,2-18H2,1H3,(H,24,26)(H,25,27)(H,28,29)/b20-19-. The lowest BCUT2D eigenvalue weighted by molar-refractivity contribution is -0.131. The van der Waals surface area contributed by atoms with Crippen LogP contribution in [0.1, 0.15) is 116 Å². The third-order valence-electron chi connectivity index (χ3n) is 4.96. The van der Waals surface area contributed by atoms with Crippen LogP contribution in [0, 0.1) is 0 Å². The van der Waals surface area contributed by atoms with Crippen molar-refractivity contribution in [2.24, 2.45) is 0 Å². The predicted molar refractivity (Wildman–Crippen MR) is 117 cm³/mol. The SMILES string of the molecule is CCCCCCCCCCCCCCCCCCC(=O)NNC(=O)/C=C\C(=O)O. The van der Waals surface area contributed by atoms with E-state index in [1.807, 2.05) is 0 Å². The monoisotopic (exact) mass is 410 g/mol. The van der Waals surface area contributed by atoms with Gasteiger partial charge in [0, 0.05) is 18.6 Å². The first-order valence-corrected chi connectivity index (χ1v) is 11.6. The fourth-order valence-corrected chi connectivity index (χ4v) is 3.22. The maximum Gasteiger partial charge on any atom is 0.328 e. The van der Waals surface area contributed by atoms with E-state index in [-0.39, 0.29) is 5.91 Å². The van der Waals surface area contributed by atoms with Crippen molar-refractivity contribution in [2.75, 3.05) is 0 Å². The summed E-state index contributed by atoms with van der Waals surface area (Å²) in [5.74, 6) is -2.13. The normalized spacial score (nSPS) is 10.9. The molecule has 6 heteroatoms. The number of amides is 2. The highest BCUT2D eigenvalue weighted by Gasteiger charge is 2.02. The summed E-state index contributed by atoms with van der Waals surface area (Å²) in [6.45, 7) is 2.26. The van der Waals surface area contributed by atoms with Crippen molar-refractivity contribution >= 4 is 17.8 Å². The molecule has 168 valence electrons. The maximum absolute atomic E-state index is 11.6. The first-order chi connectivity index (χ1) is 14.1. The van der Waals surface area contributed by atoms with Crippen molar-refractivity contribution in [2.45, 2.75) is 116 Å². The molecule has 0 bridgehead atoms. The van der Waals surface area contributed by atoms with Gasteiger partial charge in [-0.2, -0.15) is 0 Å². The smallest absolute Gasteiger partial charge is 0.328 e. The van der Waals surface area contributed by atoms with E-state index in [4.69, 9.17) is 5.11 Å². The van der Waals surface area contributed by atoms with Crippen LogP contribution in [0.15, 0.2) is 12.2 Å². The van der Waals surface area contributed by atoms with Gasteiger partial charge in [-0.1, -0.05) is 103 Å². The lowest BCUT2D eigenvalue weighted by atomic mass is 10.0. The van der Waals surface area contributed by atoms with Crippen molar-refractivity contribution in [3.8, 4) is 0 Å². The molecule has 0 aromatic heterocycles. The molecule has 0 aliphatic carbocycles. The largest absolute Gasteiger partial charge is 0.478 e. The molecule has 2 amide bonds. The Morgan fingerprint density at radius 3 is 1.45 bits per heavy atom. The van der Waals surface area contributed by atoms with Gasteiger partial charge in [-0.05, 0) is 6.42 Å². The fourth-order valence-electron chi connectivity index (χ4n) is 3.22. The Hall–Kier alpha value is -1.85. The average Bonchev–Trinajstić information content (AvgIpc) is 2.70. The minimum atomic E-state index is -1.21. The lowest BCUT2D eigenvalue weighted by Crippen LogP contribution is -2.40. The fraction of sp³-hybridized carbons (Fsp3) is 0.783. The molecule has 0 aromatic rings. The number of aliphatic carboxylic acids is 1. The minimum absolute atomic E-state index is 0.257. The van der Waals surface area contributed by atoms with Gasteiger partial charge in [-0.25, -0.2) is 4.79 Å². The van der Waals surface area contributed by atoms with E-state index >= 15 is 0 Å². The van der Waals surface area contributed by atoms with Gasteiger partial charge in [0.15, 0.2) is 0 Å². The Balaban J connectivity index is 3.28. The van der Waals surface area contributed by atoms with E-state index in [0.29, 0.717) is 6.42 Å². The number of carboxylic acid groups (broad SMARTS) is 1. The number of carbonyl (C=O) groups excluding carboxylic acids is 2. The number of carbonyl (C=O) groups is 3. The lowest BCUT2D eigenvalue weighted by Gasteiger charge is -2.05. The third-order valence-corrected chi connectivity index (χ3v) is 4.96. The second kappa shape index (κ2) is 20.9. The first kappa shape index (κ1) is 27.1. The molecule has 0 unspecified atom stereocenters. The van der Waals surface area contributed by atoms with Crippen molar-refractivity contribution in [1.29, 1.82) is 0 Å². The third kappa shape index (κ3) is 22.3. The van der Waals surface area contributed by atoms with Crippen molar-refractivity contribution in [3.63, 3.8) is 0 Å². The summed E-state index contributed by atoms with van der Waals surface area (Å²) in [5, 5.41) is 8.39. The van der Waals surface area contributed by atoms with Crippen LogP contribution in [0.5, 0.6) is 0 Å². The van der Waals surface area contributed by atoms with Gasteiger partial charge in [0.1, 0.15) is 0 Å². The summed E-state index contributed by atoms with van der Waals surface area (Å²) in [5.41, 5.74) is 4.43. The molecule has 0 rings (SSSR count). The van der Waals surface area contributed by atoms with Crippen LogP contribution in [0.4, 0.5) is 0 Å². The molecule has 3 N–H and O–H groups in total. The van der Waals surface area contributed by atoms with Gasteiger partial charge >= 0.3 is 5.97 Å². The predicted octanol–water partition coefficient (Wildman–Crippen LogP) is 5.43. The van der Waals surface area contributed by atoms with E-state index in [9.17, 15) is 14.4 Å². The van der Waals surface area contributed by atoms with Crippen LogP contribution >= 0.6 is 0 Å². The molecule has 0 aromatic carbocycles. The second-order valence-corrected chi connectivity index (χ2v) is 7.76. The van der Waals surface area contributed by atoms with Gasteiger partial charge in [0.2, 0.25) is 5.91 Å². The Morgan fingerprint density at radius 1 is 0.621 bits per heavy atom. The minimum Gasteiger partial charge on any atom is -0.478 e. The number of hydrazine groups is 1. The molecular weight excluding hydrogens is 368 g/mol. The Bertz CT molecular complexity index is 464. The number of hydrogen-bond acceptors (Lipinski definition) is 3. The van der Waals surface area contributed by atoms with Crippen LogP contribution < -0.4 is 10.9 Å². The zero-order chi connectivity index (χ0) is 21.6. The van der Waals surface area contributed by atoms with Crippen molar-refractivity contribution < 1.29 is 19.5 Å². The maximum atomic E-state index is 11.6. The van der Waals surface area contributed by atoms with Gasteiger partial charge < -0.3 is 5.11 Å². The number of unbranched alkanes of at least 4 members (excludes halogenated alkanes) is 15. The molecule has 0 saturated heterocycles. The molecule has 0 heterocycles. The highest BCUT2D eigenvalue weighted by molar-refractivity contribution is 5.94. The zero-order valence-corrected chi connectivity index (χ0v) is 18.3. The number of carboxylic acids is 1. The van der Waals surface area contributed by atoms with Crippen LogP contribution in [-0.2, 0) is 14.4 Å². The molecule has 0 radical (unpaired) electrons. The molecule has 0 atom stereocenters. The Labute approximate surface area is 176 Å². The Kier molecular flexibility index (Phi) is 19.5. The van der Waals surface area contributed by atoms with Gasteiger partial charge in [-0.15, -0.1) is 0 Å². The van der Waals surface area contributed by atoms with E-state index in [0.717, 1.165) is 31.4 Å². The number of nitrogens with one attached hydrogen (secondary N) is 2. The molecule has 0 aliphatic rings. The van der Waals surface area contributed by atoms with Crippen LogP contribution in [0.3, 0.4) is 0 Å². The number of hydrogen-bond donors (Lipinski definition) is 3. The summed E-state index contributed by atoms with van der Waals surface area (Å²) in [7, 11) is 0. The Morgan fingerprint density at radius 2 is 1.03 bits per heavy atom. The molecule has 0 fully saturated rings. The topological polar surface area (TPSA) is 95.5 Å². The summed E-state index contributed by atoms with van der Waals surface area (Å²) < 4.78 is 0. The van der Waals surface area contributed by atoms with E-state index < -0.39 is 11.9 Å². The first-order valence-electron chi connectivity index (χ1n) is 11.6. The molecule has 6 nitrogen and oxygen atoms in total. The number of rotatable bonds is 19. The highest BCUT2D eigenvalue weighted by atomic mass is 16.4. The van der Waals surface area contributed by atoms with Gasteiger partial charge in [0.05, 0.1) is 0 Å². The van der Waals surface area contributed by atoms with Gasteiger partial charge in [0.25, 0.3) is 5.91 Å². The summed E-state index contributed by atoms with van der Waals surface area (Å²) in [6, 6.07) is 0. The molecule has 0 aliphatic heterocycles. The zero-order valence-electron chi connectivity index (χ0n) is 18.3. The van der Waals surface area contributed by atoms with E-state index in [1.165, 1.54) is 83.5 Å². The van der Waals surface area contributed by atoms with E-state index in [2.05, 4.69) is 17.8 Å². The molecule has 0 saturated carbocycles. The van der Waals surface area contributed by atoms with Crippen molar-refractivity contribution in [3.05, 3.63) is 12.2 Å². The quantitative estimate of drug-likeness (QED) is 0.150. The molecular formula is C23H42N2O4. The summed E-state index contributed by atoms with van der Waals surface area (Å²) in [4.78, 5) is 33.0. The van der Waals surface area contributed by atoms with E-state index in [1.54, 1.807) is 0 Å².